The second kappa shape index (κ2) is 5.65. The Balaban J connectivity index is 1.94. The Labute approximate surface area is 99.9 Å². The first kappa shape index (κ1) is 11.9. The van der Waals surface area contributed by atoms with E-state index < -0.39 is 0 Å². The number of hydrogen-bond acceptors (Lipinski definition) is 5. The minimum absolute atomic E-state index is 0.283. The van der Waals surface area contributed by atoms with Gasteiger partial charge in [-0.15, -0.1) is 5.10 Å². The Hall–Kier alpha value is -0.590. The van der Waals surface area contributed by atoms with Crippen molar-refractivity contribution < 1.29 is 4.74 Å². The van der Waals surface area contributed by atoms with Crippen LogP contribution < -0.4 is 5.32 Å². The molecule has 0 bridgehead atoms. The zero-order valence-corrected chi connectivity index (χ0v) is 10.5. The van der Waals surface area contributed by atoms with Crippen LogP contribution in [0.15, 0.2) is 6.20 Å². The maximum atomic E-state index is 5.77. The third kappa shape index (κ3) is 2.96. The van der Waals surface area contributed by atoms with Gasteiger partial charge in [-0.1, -0.05) is 5.21 Å². The number of thioether (sulfide) groups is 1. The lowest BCUT2D eigenvalue weighted by atomic mass is 10.1. The van der Waals surface area contributed by atoms with Crippen molar-refractivity contribution >= 4 is 11.8 Å². The summed E-state index contributed by atoms with van der Waals surface area (Å²) in [6, 6.07) is 0.324. The molecule has 16 heavy (non-hydrogen) atoms. The topological polar surface area (TPSA) is 52.0 Å². The van der Waals surface area contributed by atoms with Crippen LogP contribution in [0.2, 0.25) is 0 Å². The van der Waals surface area contributed by atoms with Crippen molar-refractivity contribution in [3.63, 3.8) is 0 Å². The summed E-state index contributed by atoms with van der Waals surface area (Å²) in [7, 11) is 3.86. The number of ether oxygens (including phenoxy) is 1. The van der Waals surface area contributed by atoms with Crippen LogP contribution in [0, 0.1) is 0 Å². The Morgan fingerprint density at radius 1 is 1.75 bits per heavy atom. The molecule has 0 aromatic carbocycles. The number of aryl methyl sites for hydroxylation is 1. The second-order valence-electron chi connectivity index (χ2n) is 3.97. The van der Waals surface area contributed by atoms with Gasteiger partial charge in [0.05, 0.1) is 18.4 Å². The molecule has 1 fully saturated rings. The van der Waals surface area contributed by atoms with Crippen LogP contribution in [0.25, 0.3) is 0 Å². The number of hydrogen-bond donors (Lipinski definition) is 1. The molecular weight excluding hydrogens is 224 g/mol. The lowest BCUT2D eigenvalue weighted by molar-refractivity contribution is 0.0489. The molecule has 0 aliphatic carbocycles. The van der Waals surface area contributed by atoms with Crippen LogP contribution in [-0.4, -0.2) is 52.3 Å². The van der Waals surface area contributed by atoms with Gasteiger partial charge in [-0.2, -0.15) is 11.8 Å². The molecule has 2 atom stereocenters. The van der Waals surface area contributed by atoms with E-state index in [1.807, 2.05) is 32.1 Å². The summed E-state index contributed by atoms with van der Waals surface area (Å²) in [5, 5.41) is 11.4. The molecule has 1 aliphatic heterocycles. The molecule has 0 amide bonds. The van der Waals surface area contributed by atoms with E-state index >= 15 is 0 Å². The van der Waals surface area contributed by atoms with E-state index in [2.05, 4.69) is 15.6 Å². The lowest BCUT2D eigenvalue weighted by Crippen LogP contribution is -2.44. The Morgan fingerprint density at radius 2 is 2.62 bits per heavy atom. The first-order valence-corrected chi connectivity index (χ1v) is 6.67. The van der Waals surface area contributed by atoms with Crippen molar-refractivity contribution in [2.45, 2.75) is 18.6 Å². The zero-order chi connectivity index (χ0) is 11.4. The van der Waals surface area contributed by atoms with Crippen molar-refractivity contribution in [2.75, 3.05) is 25.2 Å². The number of rotatable bonds is 4. The van der Waals surface area contributed by atoms with E-state index in [4.69, 9.17) is 4.74 Å². The van der Waals surface area contributed by atoms with E-state index in [0.29, 0.717) is 6.04 Å². The van der Waals surface area contributed by atoms with Gasteiger partial charge in [0, 0.05) is 37.2 Å². The molecule has 1 saturated heterocycles. The molecule has 5 nitrogen and oxygen atoms in total. The highest BCUT2D eigenvalue weighted by Gasteiger charge is 2.24. The molecular formula is C10H18N4OS. The predicted molar refractivity (Wildman–Crippen MR) is 64.6 cm³/mol. The quantitative estimate of drug-likeness (QED) is 0.810. The summed E-state index contributed by atoms with van der Waals surface area (Å²) >= 11 is 1.96. The predicted octanol–water partition coefficient (Wildman–Crippen LogP) is 0.0776. The molecule has 0 saturated carbocycles. The van der Waals surface area contributed by atoms with Gasteiger partial charge < -0.3 is 10.1 Å². The summed E-state index contributed by atoms with van der Waals surface area (Å²) in [6.07, 6.45) is 3.11. The molecule has 1 aromatic rings. The maximum absolute atomic E-state index is 5.77. The first-order valence-electron chi connectivity index (χ1n) is 5.51. The molecule has 0 spiro atoms. The zero-order valence-electron chi connectivity index (χ0n) is 9.72. The summed E-state index contributed by atoms with van der Waals surface area (Å²) in [4.78, 5) is 0. The van der Waals surface area contributed by atoms with Crippen molar-refractivity contribution in [3.8, 4) is 0 Å². The standard InChI is InChI=1S/C10H18N4OS/c1-11-9(10-7-16-4-3-15-10)5-8-6-14(2)13-12-8/h6,9-11H,3-5,7H2,1-2H3. The van der Waals surface area contributed by atoms with Crippen LogP contribution in [0.5, 0.6) is 0 Å². The largest absolute Gasteiger partial charge is 0.375 e. The van der Waals surface area contributed by atoms with Crippen LogP contribution in [0.3, 0.4) is 0 Å². The van der Waals surface area contributed by atoms with E-state index in [9.17, 15) is 0 Å². The summed E-state index contributed by atoms with van der Waals surface area (Å²) in [5.74, 6) is 2.17. The molecule has 1 N–H and O–H groups in total. The second-order valence-corrected chi connectivity index (χ2v) is 5.12. The van der Waals surface area contributed by atoms with Gasteiger partial charge in [-0.25, -0.2) is 0 Å². The third-order valence-electron chi connectivity index (χ3n) is 2.74. The van der Waals surface area contributed by atoms with Gasteiger partial charge >= 0.3 is 0 Å². The molecule has 90 valence electrons. The highest BCUT2D eigenvalue weighted by molar-refractivity contribution is 7.99. The minimum atomic E-state index is 0.283. The van der Waals surface area contributed by atoms with E-state index in [-0.39, 0.29) is 6.10 Å². The Bertz CT molecular complexity index is 324. The first-order chi connectivity index (χ1) is 7.79. The number of nitrogens with zero attached hydrogens (tertiary/aromatic N) is 3. The number of likely N-dealkylation sites (N-methyl/N-ethyl adjacent to an activating group) is 1. The molecule has 2 unspecified atom stereocenters. The summed E-state index contributed by atoms with van der Waals surface area (Å²) < 4.78 is 7.51. The molecule has 2 heterocycles. The summed E-state index contributed by atoms with van der Waals surface area (Å²) in [5.41, 5.74) is 1.01. The smallest absolute Gasteiger partial charge is 0.0843 e. The van der Waals surface area contributed by atoms with Gasteiger partial charge in [0.2, 0.25) is 0 Å². The Morgan fingerprint density at radius 3 is 3.19 bits per heavy atom. The molecule has 2 rings (SSSR count). The normalized spacial score (nSPS) is 23.2. The van der Waals surface area contributed by atoms with Crippen molar-refractivity contribution in [3.05, 3.63) is 11.9 Å². The van der Waals surface area contributed by atoms with Crippen LogP contribution >= 0.6 is 11.8 Å². The van der Waals surface area contributed by atoms with Crippen LogP contribution in [0.4, 0.5) is 0 Å². The lowest BCUT2D eigenvalue weighted by Gasteiger charge is -2.29. The monoisotopic (exact) mass is 242 g/mol. The summed E-state index contributed by atoms with van der Waals surface area (Å²) in [6.45, 7) is 0.855. The van der Waals surface area contributed by atoms with Gasteiger partial charge in [0.15, 0.2) is 0 Å². The van der Waals surface area contributed by atoms with Gasteiger partial charge in [0.1, 0.15) is 0 Å². The highest BCUT2D eigenvalue weighted by atomic mass is 32.2. The van der Waals surface area contributed by atoms with Crippen molar-refractivity contribution in [2.24, 2.45) is 7.05 Å². The average molecular weight is 242 g/mol. The van der Waals surface area contributed by atoms with Gasteiger partial charge in [0.25, 0.3) is 0 Å². The fourth-order valence-electron chi connectivity index (χ4n) is 1.87. The van der Waals surface area contributed by atoms with Gasteiger partial charge in [-0.3, -0.25) is 4.68 Å². The molecule has 1 aromatic heterocycles. The number of aromatic nitrogens is 3. The van der Waals surface area contributed by atoms with Crippen molar-refractivity contribution in [1.29, 1.82) is 0 Å². The van der Waals surface area contributed by atoms with Gasteiger partial charge in [-0.05, 0) is 7.05 Å². The molecule has 0 radical (unpaired) electrons. The molecule has 1 aliphatic rings. The third-order valence-corrected chi connectivity index (χ3v) is 3.76. The fraction of sp³-hybridized carbons (Fsp3) is 0.800. The SMILES string of the molecule is CNC(Cc1cn(C)nn1)C1CSCCO1. The van der Waals surface area contributed by atoms with Crippen molar-refractivity contribution in [1.82, 2.24) is 20.3 Å². The minimum Gasteiger partial charge on any atom is -0.375 e. The average Bonchev–Trinajstić information content (AvgIpc) is 2.73. The van der Waals surface area contributed by atoms with E-state index in [0.717, 1.165) is 30.2 Å². The van der Waals surface area contributed by atoms with Crippen LogP contribution in [0.1, 0.15) is 5.69 Å². The number of nitrogens with one attached hydrogen (secondary N) is 1. The fourth-order valence-corrected chi connectivity index (χ4v) is 2.81. The highest BCUT2D eigenvalue weighted by Crippen LogP contribution is 2.17. The Kier molecular flexibility index (Phi) is 4.20. The van der Waals surface area contributed by atoms with E-state index in [1.165, 1.54) is 0 Å². The van der Waals surface area contributed by atoms with E-state index in [1.54, 1.807) is 4.68 Å². The maximum Gasteiger partial charge on any atom is 0.0843 e. The van der Waals surface area contributed by atoms with Crippen LogP contribution in [-0.2, 0) is 18.2 Å². The molecule has 6 heteroatoms.